The van der Waals surface area contributed by atoms with Crippen molar-refractivity contribution in [2.75, 3.05) is 0 Å². The van der Waals surface area contributed by atoms with Crippen molar-refractivity contribution in [1.82, 2.24) is 0 Å². The van der Waals surface area contributed by atoms with Crippen LogP contribution in [0.1, 0.15) is 289 Å². The van der Waals surface area contributed by atoms with E-state index in [0.29, 0.717) is 0 Å². The Balaban J connectivity index is 0.0000192. The summed E-state index contributed by atoms with van der Waals surface area (Å²) >= 11 is 0. The van der Waals surface area contributed by atoms with Crippen LogP contribution < -0.4 is 0 Å². The molecule has 0 aliphatic heterocycles. The van der Waals surface area contributed by atoms with Crippen LogP contribution in [0.15, 0.2) is 46.4 Å². The first kappa shape index (κ1) is 58.3. The molecule has 2 aromatic rings. The second-order valence-corrected chi connectivity index (χ2v) is 18.9. The molecule has 0 unspecified atom stereocenters. The molecule has 0 saturated heterocycles. The second kappa shape index (κ2) is 41.9. The third-order valence-corrected chi connectivity index (χ3v) is 13.5. The zero-order valence-corrected chi connectivity index (χ0v) is 43.2. The van der Waals surface area contributed by atoms with Crippen LogP contribution in [0.2, 0.25) is 0 Å². The van der Waals surface area contributed by atoms with Gasteiger partial charge in [-0.25, -0.2) is 0 Å². The Kier molecular flexibility index (Phi) is 39.4. The molecule has 3 heteroatoms. The van der Waals surface area contributed by atoms with Crippen molar-refractivity contribution >= 4 is 22.8 Å². The molecule has 0 aliphatic rings. The fourth-order valence-corrected chi connectivity index (χ4v) is 9.41. The van der Waals surface area contributed by atoms with Gasteiger partial charge in [0.25, 0.3) is 0 Å². The summed E-state index contributed by atoms with van der Waals surface area (Å²) in [6.07, 6.45) is 52.9. The normalized spacial score (nSPS) is 12.0. The van der Waals surface area contributed by atoms with Crippen molar-refractivity contribution in [2.24, 2.45) is 9.98 Å². The van der Waals surface area contributed by atoms with E-state index in [2.05, 4.69) is 77.9 Å². The van der Waals surface area contributed by atoms with Gasteiger partial charge >= 0.3 is 0 Å². The molecule has 0 bridgehead atoms. The van der Waals surface area contributed by atoms with Gasteiger partial charge in [-0.2, -0.15) is 0 Å². The van der Waals surface area contributed by atoms with Crippen LogP contribution in [-0.4, -0.2) is 11.4 Å². The molecule has 0 saturated carbocycles. The number of unbranched alkanes of at least 4 members (excludes halogenated alkanes) is 31. The summed E-state index contributed by atoms with van der Waals surface area (Å²) < 4.78 is 0. The standard InChI is InChI=1S/C59H102N2.Ni/c1-7-13-15-17-19-20-21-22-23-24-25-26-27-28-29-30-31-32-33-34-35-36-37-38-39-41-43-45-59(61-57-49-47-53(10-4)55(12-6)51-57)58(44-42-40-18-16-14-8-2)60-56-48-46-52(9-3)54(11-5)50-56;/h46-51H,7-45H2,1-6H3;/b60-58+,61-59+;. The average molecular weight is 898 g/mol. The first-order chi connectivity index (χ1) is 30.1. The van der Waals surface area contributed by atoms with Gasteiger partial charge in [0.1, 0.15) is 0 Å². The van der Waals surface area contributed by atoms with Crippen LogP contribution in [0.25, 0.3) is 0 Å². The number of hydrogen-bond donors (Lipinski definition) is 0. The first-order valence-electron chi connectivity index (χ1n) is 27.5. The largest absolute Gasteiger partial charge is 0.252 e. The Bertz CT molecular complexity index is 1370. The number of aliphatic imine (C=N–C) groups is 2. The van der Waals surface area contributed by atoms with Gasteiger partial charge in [-0.05, 0) is 97.9 Å². The third-order valence-electron chi connectivity index (χ3n) is 13.5. The van der Waals surface area contributed by atoms with E-state index in [0.717, 1.165) is 49.9 Å². The molecule has 0 radical (unpaired) electrons. The van der Waals surface area contributed by atoms with E-state index in [9.17, 15) is 0 Å². The summed E-state index contributed by atoms with van der Waals surface area (Å²) in [5.41, 5.74) is 10.5. The summed E-state index contributed by atoms with van der Waals surface area (Å²) in [4.78, 5) is 10.9. The van der Waals surface area contributed by atoms with E-state index in [4.69, 9.17) is 9.98 Å². The van der Waals surface area contributed by atoms with Gasteiger partial charge in [-0.15, -0.1) is 0 Å². The van der Waals surface area contributed by atoms with Crippen LogP contribution >= 0.6 is 0 Å². The van der Waals surface area contributed by atoms with E-state index < -0.39 is 0 Å². The van der Waals surface area contributed by atoms with E-state index in [1.54, 1.807) is 0 Å². The molecule has 0 fully saturated rings. The van der Waals surface area contributed by atoms with Gasteiger partial charge in [0.2, 0.25) is 0 Å². The van der Waals surface area contributed by atoms with Crippen molar-refractivity contribution < 1.29 is 16.5 Å². The molecule has 2 nitrogen and oxygen atoms in total. The summed E-state index contributed by atoms with van der Waals surface area (Å²) in [7, 11) is 0. The number of benzene rings is 2. The Morgan fingerprint density at radius 3 is 0.742 bits per heavy atom. The zero-order chi connectivity index (χ0) is 43.9. The van der Waals surface area contributed by atoms with E-state index in [-0.39, 0.29) is 16.5 Å². The number of rotatable bonds is 42. The molecule has 2 rings (SSSR count). The maximum Gasteiger partial charge on any atom is 0.0636 e. The Labute approximate surface area is 397 Å². The number of hydrogen-bond acceptors (Lipinski definition) is 2. The van der Waals surface area contributed by atoms with Gasteiger partial charge in [-0.1, -0.05) is 253 Å². The molecule has 62 heavy (non-hydrogen) atoms. The molecule has 358 valence electrons. The van der Waals surface area contributed by atoms with Crippen molar-refractivity contribution in [1.29, 1.82) is 0 Å². The van der Waals surface area contributed by atoms with E-state index >= 15 is 0 Å². The van der Waals surface area contributed by atoms with Crippen molar-refractivity contribution in [3.63, 3.8) is 0 Å². The number of aryl methyl sites for hydroxylation is 4. The Hall–Kier alpha value is -1.73. The predicted octanol–water partition coefficient (Wildman–Crippen LogP) is 20.5. The van der Waals surface area contributed by atoms with E-state index in [1.165, 1.54) is 246 Å². The molecule has 0 amide bonds. The van der Waals surface area contributed by atoms with Crippen LogP contribution in [0.4, 0.5) is 11.4 Å². The Morgan fingerprint density at radius 1 is 0.290 bits per heavy atom. The minimum atomic E-state index is 0. The monoisotopic (exact) mass is 897 g/mol. The molecule has 0 aromatic heterocycles. The van der Waals surface area contributed by atoms with Crippen molar-refractivity contribution in [2.45, 2.75) is 292 Å². The molecular weight excluding hydrogens is 795 g/mol. The third kappa shape index (κ3) is 28.9. The summed E-state index contributed by atoms with van der Waals surface area (Å²) in [5, 5.41) is 0. The smallest absolute Gasteiger partial charge is 0.0636 e. The fourth-order valence-electron chi connectivity index (χ4n) is 9.41. The summed E-state index contributed by atoms with van der Waals surface area (Å²) in [5.74, 6) is 0. The SMILES string of the molecule is CCCCCCCCCCCCCCCCCCCCCCCCCCCCCC(=N\c1ccc(CC)c(CC)c1)/C(CCCCCCCC)=N/c1ccc(CC)c(CC)c1.[Ni]. The van der Waals surface area contributed by atoms with Crippen molar-refractivity contribution in [3.8, 4) is 0 Å². The van der Waals surface area contributed by atoms with Gasteiger partial charge in [-0.3, -0.25) is 9.98 Å². The second-order valence-electron chi connectivity index (χ2n) is 18.9. The predicted molar refractivity (Wildman–Crippen MR) is 278 cm³/mol. The summed E-state index contributed by atoms with van der Waals surface area (Å²) in [6, 6.07) is 13.9. The minimum absolute atomic E-state index is 0. The van der Waals surface area contributed by atoms with Crippen LogP contribution in [-0.2, 0) is 42.2 Å². The zero-order valence-electron chi connectivity index (χ0n) is 42.3. The molecule has 0 heterocycles. The molecule has 0 aliphatic carbocycles. The molecule has 0 spiro atoms. The molecule has 2 aromatic carbocycles. The fraction of sp³-hybridized carbons (Fsp3) is 0.763. The summed E-state index contributed by atoms with van der Waals surface area (Å²) in [6.45, 7) is 13.7. The van der Waals surface area contributed by atoms with E-state index in [1.807, 2.05) is 0 Å². The quantitative estimate of drug-likeness (QED) is 0.0360. The molecular formula is C59H102N2Ni. The van der Waals surface area contributed by atoms with Gasteiger partial charge in [0.15, 0.2) is 0 Å². The van der Waals surface area contributed by atoms with Crippen LogP contribution in [0, 0.1) is 0 Å². The van der Waals surface area contributed by atoms with Crippen LogP contribution in [0.5, 0.6) is 0 Å². The van der Waals surface area contributed by atoms with Crippen LogP contribution in [0.3, 0.4) is 0 Å². The topological polar surface area (TPSA) is 24.7 Å². The van der Waals surface area contributed by atoms with Gasteiger partial charge in [0, 0.05) is 16.5 Å². The Morgan fingerprint density at radius 2 is 0.516 bits per heavy atom. The van der Waals surface area contributed by atoms with Crippen molar-refractivity contribution in [3.05, 3.63) is 58.7 Å². The van der Waals surface area contributed by atoms with Gasteiger partial charge in [0.05, 0.1) is 22.8 Å². The first-order valence-corrected chi connectivity index (χ1v) is 27.5. The van der Waals surface area contributed by atoms with Gasteiger partial charge < -0.3 is 0 Å². The minimum Gasteiger partial charge on any atom is -0.252 e. The maximum absolute atomic E-state index is 5.46. The average Bonchev–Trinajstić information content (AvgIpc) is 3.28. The molecule has 0 N–H and O–H groups in total. The molecule has 0 atom stereocenters. The maximum atomic E-state index is 5.46. The number of nitrogens with zero attached hydrogens (tertiary/aromatic N) is 2.